The van der Waals surface area contributed by atoms with Gasteiger partial charge >= 0.3 is 0 Å². The van der Waals surface area contributed by atoms with Gasteiger partial charge in [0.05, 0.1) is 18.5 Å². The van der Waals surface area contributed by atoms with Crippen molar-refractivity contribution >= 4 is 0 Å². The Labute approximate surface area is 111 Å². The summed E-state index contributed by atoms with van der Waals surface area (Å²) in [6, 6.07) is 5.04. The number of aromatic amines is 1. The van der Waals surface area contributed by atoms with Gasteiger partial charge in [-0.2, -0.15) is 0 Å². The second-order valence-corrected chi connectivity index (χ2v) is 4.71. The first-order valence-electron chi connectivity index (χ1n) is 6.38. The van der Waals surface area contributed by atoms with Gasteiger partial charge in [0, 0.05) is 18.7 Å². The number of hydrogen-bond donors (Lipinski definition) is 2. The normalized spacial score (nSPS) is 19.6. The zero-order valence-corrected chi connectivity index (χ0v) is 10.7. The van der Waals surface area contributed by atoms with Gasteiger partial charge in [-0.1, -0.05) is 0 Å². The molecule has 2 heterocycles. The van der Waals surface area contributed by atoms with Gasteiger partial charge in [0.15, 0.2) is 0 Å². The lowest BCUT2D eigenvalue weighted by molar-refractivity contribution is 0.0227. The lowest BCUT2D eigenvalue weighted by Crippen LogP contribution is -2.33. The van der Waals surface area contributed by atoms with E-state index in [4.69, 9.17) is 4.74 Å². The number of morpholine rings is 1. The third kappa shape index (κ3) is 2.52. The maximum absolute atomic E-state index is 13.3. The summed E-state index contributed by atoms with van der Waals surface area (Å²) in [7, 11) is 0. The van der Waals surface area contributed by atoms with Gasteiger partial charge in [0.25, 0.3) is 0 Å². The first kappa shape index (κ1) is 12.3. The van der Waals surface area contributed by atoms with Gasteiger partial charge in [0.1, 0.15) is 17.7 Å². The molecule has 1 aromatic heterocycles. The predicted molar refractivity (Wildman–Crippen MR) is 70.3 cm³/mol. The highest BCUT2D eigenvalue weighted by atomic mass is 19.1. The number of halogens is 1. The molecule has 0 aliphatic carbocycles. The fourth-order valence-corrected chi connectivity index (χ4v) is 2.20. The summed E-state index contributed by atoms with van der Waals surface area (Å²) in [5, 5.41) is 3.26. The molecule has 4 nitrogen and oxygen atoms in total. The molecule has 0 bridgehead atoms. The number of H-pyrrole nitrogens is 1. The molecule has 2 N–H and O–H groups in total. The van der Waals surface area contributed by atoms with Gasteiger partial charge in [-0.3, -0.25) is 0 Å². The summed E-state index contributed by atoms with van der Waals surface area (Å²) in [5.41, 5.74) is 2.44. The van der Waals surface area contributed by atoms with E-state index in [9.17, 15) is 4.39 Å². The second kappa shape index (κ2) is 5.11. The van der Waals surface area contributed by atoms with Crippen LogP contribution in [-0.2, 0) is 4.74 Å². The van der Waals surface area contributed by atoms with E-state index in [0.717, 1.165) is 30.2 Å². The molecule has 2 aromatic rings. The fourth-order valence-electron chi connectivity index (χ4n) is 2.20. The highest BCUT2D eigenvalue weighted by Gasteiger charge is 2.19. The van der Waals surface area contributed by atoms with Crippen LogP contribution in [0, 0.1) is 12.7 Å². The Balaban J connectivity index is 1.85. The number of rotatable bonds is 2. The summed E-state index contributed by atoms with van der Waals surface area (Å²) >= 11 is 0. The smallest absolute Gasteiger partial charge is 0.137 e. The quantitative estimate of drug-likeness (QED) is 0.871. The molecule has 0 saturated carbocycles. The van der Waals surface area contributed by atoms with Crippen LogP contribution in [-0.4, -0.2) is 29.7 Å². The third-order valence-electron chi connectivity index (χ3n) is 3.30. The minimum absolute atomic E-state index is 0.0379. The van der Waals surface area contributed by atoms with Crippen molar-refractivity contribution in [2.45, 2.75) is 13.0 Å². The number of imidazole rings is 1. The lowest BCUT2D eigenvalue weighted by Gasteiger charge is -2.21. The van der Waals surface area contributed by atoms with Crippen molar-refractivity contribution in [3.8, 4) is 11.3 Å². The molecule has 1 fully saturated rings. The van der Waals surface area contributed by atoms with Crippen LogP contribution in [0.2, 0.25) is 0 Å². The summed E-state index contributed by atoms with van der Waals surface area (Å²) in [6.45, 7) is 4.08. The molecule has 5 heteroatoms. The zero-order chi connectivity index (χ0) is 13.2. The maximum Gasteiger partial charge on any atom is 0.137 e. The molecule has 1 aromatic carbocycles. The fraction of sp³-hybridized carbons (Fsp3) is 0.357. The standard InChI is InChI=1S/C14H16FN3O/c1-9-6-10(2-3-11(9)15)12-7-17-14(18-12)13-8-16-4-5-19-13/h2-3,6-7,13,16H,4-5,8H2,1H3,(H,17,18). The van der Waals surface area contributed by atoms with Crippen molar-refractivity contribution in [2.75, 3.05) is 19.7 Å². The Bertz CT molecular complexity index is 576. The first-order valence-corrected chi connectivity index (χ1v) is 6.38. The first-order chi connectivity index (χ1) is 9.24. The number of benzene rings is 1. The molecular formula is C14H16FN3O. The lowest BCUT2D eigenvalue weighted by atomic mass is 10.1. The number of nitrogens with zero attached hydrogens (tertiary/aromatic N) is 1. The van der Waals surface area contributed by atoms with Crippen molar-refractivity contribution in [2.24, 2.45) is 0 Å². The van der Waals surface area contributed by atoms with E-state index in [-0.39, 0.29) is 11.9 Å². The summed E-state index contributed by atoms with van der Waals surface area (Å²) in [6.07, 6.45) is 1.73. The van der Waals surface area contributed by atoms with Crippen LogP contribution in [0.3, 0.4) is 0 Å². The van der Waals surface area contributed by atoms with E-state index in [1.807, 2.05) is 6.07 Å². The van der Waals surface area contributed by atoms with Gasteiger partial charge < -0.3 is 15.0 Å². The molecule has 1 atom stereocenters. The van der Waals surface area contributed by atoms with Gasteiger partial charge in [0.2, 0.25) is 0 Å². The largest absolute Gasteiger partial charge is 0.368 e. The molecule has 1 aliphatic rings. The van der Waals surface area contributed by atoms with Crippen LogP contribution >= 0.6 is 0 Å². The Kier molecular flexibility index (Phi) is 3.31. The summed E-state index contributed by atoms with van der Waals surface area (Å²) in [4.78, 5) is 7.60. The topological polar surface area (TPSA) is 49.9 Å². The molecule has 0 spiro atoms. The van der Waals surface area contributed by atoms with E-state index >= 15 is 0 Å². The van der Waals surface area contributed by atoms with Gasteiger partial charge in [-0.15, -0.1) is 0 Å². The van der Waals surface area contributed by atoms with Crippen molar-refractivity contribution in [3.05, 3.63) is 41.6 Å². The van der Waals surface area contributed by atoms with Crippen LogP contribution in [0.4, 0.5) is 4.39 Å². The SMILES string of the molecule is Cc1cc(-c2cnc(C3CNCCO3)[nH]2)ccc1F. The van der Waals surface area contributed by atoms with E-state index in [1.54, 1.807) is 19.2 Å². The predicted octanol–water partition coefficient (Wildman–Crippen LogP) is 2.19. The number of hydrogen-bond acceptors (Lipinski definition) is 3. The molecule has 1 unspecified atom stereocenters. The average Bonchev–Trinajstić information content (AvgIpc) is 2.93. The number of aromatic nitrogens is 2. The van der Waals surface area contributed by atoms with Crippen molar-refractivity contribution < 1.29 is 9.13 Å². The highest BCUT2D eigenvalue weighted by Crippen LogP contribution is 2.23. The number of ether oxygens (including phenoxy) is 1. The molecule has 0 radical (unpaired) electrons. The molecule has 1 aliphatic heterocycles. The second-order valence-electron chi connectivity index (χ2n) is 4.71. The van der Waals surface area contributed by atoms with Crippen molar-refractivity contribution in [1.29, 1.82) is 0 Å². The molecule has 1 saturated heterocycles. The minimum atomic E-state index is -0.191. The molecular weight excluding hydrogens is 245 g/mol. The van der Waals surface area contributed by atoms with Gasteiger partial charge in [-0.25, -0.2) is 9.37 Å². The molecule has 100 valence electrons. The van der Waals surface area contributed by atoms with Crippen LogP contribution in [0.25, 0.3) is 11.3 Å². The highest BCUT2D eigenvalue weighted by molar-refractivity contribution is 5.59. The molecule has 0 amide bonds. The monoisotopic (exact) mass is 261 g/mol. The van der Waals surface area contributed by atoms with E-state index in [0.29, 0.717) is 12.2 Å². The zero-order valence-electron chi connectivity index (χ0n) is 10.7. The van der Waals surface area contributed by atoms with E-state index in [1.165, 1.54) is 6.07 Å². The Hall–Kier alpha value is -1.72. The van der Waals surface area contributed by atoms with E-state index in [2.05, 4.69) is 15.3 Å². The molecule has 3 rings (SSSR count). The Morgan fingerprint density at radius 2 is 2.32 bits per heavy atom. The van der Waals surface area contributed by atoms with E-state index < -0.39 is 0 Å². The third-order valence-corrected chi connectivity index (χ3v) is 3.30. The van der Waals surface area contributed by atoms with Crippen molar-refractivity contribution in [3.63, 3.8) is 0 Å². The summed E-state index contributed by atoms with van der Waals surface area (Å²) in [5.74, 6) is 0.618. The maximum atomic E-state index is 13.3. The Morgan fingerprint density at radius 1 is 1.42 bits per heavy atom. The van der Waals surface area contributed by atoms with Crippen LogP contribution < -0.4 is 5.32 Å². The van der Waals surface area contributed by atoms with Crippen LogP contribution in [0.5, 0.6) is 0 Å². The van der Waals surface area contributed by atoms with Crippen LogP contribution in [0.1, 0.15) is 17.5 Å². The molecule has 19 heavy (non-hydrogen) atoms. The van der Waals surface area contributed by atoms with Gasteiger partial charge in [-0.05, 0) is 30.7 Å². The number of aryl methyl sites for hydroxylation is 1. The van der Waals surface area contributed by atoms with Crippen LogP contribution in [0.15, 0.2) is 24.4 Å². The minimum Gasteiger partial charge on any atom is -0.368 e. The summed E-state index contributed by atoms with van der Waals surface area (Å²) < 4.78 is 18.9. The van der Waals surface area contributed by atoms with Crippen molar-refractivity contribution in [1.82, 2.24) is 15.3 Å². The average molecular weight is 261 g/mol. The Morgan fingerprint density at radius 3 is 3.05 bits per heavy atom. The number of nitrogens with one attached hydrogen (secondary N) is 2.